The van der Waals surface area contributed by atoms with Crippen LogP contribution in [0.2, 0.25) is 5.02 Å². The Morgan fingerprint density at radius 1 is 1.13 bits per heavy atom. The van der Waals surface area contributed by atoms with E-state index >= 15 is 0 Å². The molecule has 4 N–H and O–H groups in total. The average molecular weight is 642 g/mol. The van der Waals surface area contributed by atoms with Gasteiger partial charge in [0.05, 0.1) is 50.0 Å². The lowest BCUT2D eigenvalue weighted by molar-refractivity contribution is 0.00502. The largest absolute Gasteiger partial charge is 0.487 e. The molecule has 2 aromatic heterocycles. The molecule has 1 saturated carbocycles. The highest BCUT2D eigenvalue weighted by molar-refractivity contribution is 6.32. The number of benzene rings is 1. The molecule has 0 radical (unpaired) electrons. The fourth-order valence-corrected chi connectivity index (χ4v) is 5.93. The molecule has 1 aromatic carbocycles. The first-order valence-corrected chi connectivity index (χ1v) is 16.0. The average Bonchev–Trinajstić information content (AvgIpc) is 3.47. The lowest BCUT2D eigenvalue weighted by Crippen LogP contribution is -2.45. The number of nitrogens with one attached hydrogen (secondary N) is 2. The molecule has 3 aromatic rings. The first kappa shape index (κ1) is 32.9. The predicted molar refractivity (Wildman–Crippen MR) is 173 cm³/mol. The summed E-state index contributed by atoms with van der Waals surface area (Å²) < 4.78 is 25.1. The third-order valence-corrected chi connectivity index (χ3v) is 8.41. The normalized spacial score (nSPS) is 19.6. The Bertz CT molecular complexity index is 1360. The number of hydrazine groups is 1. The number of morpholine rings is 1. The van der Waals surface area contributed by atoms with E-state index in [4.69, 9.17) is 46.9 Å². The maximum Gasteiger partial charge on any atom is 0.257 e. The second kappa shape index (κ2) is 16.2. The van der Waals surface area contributed by atoms with Crippen molar-refractivity contribution < 1.29 is 18.9 Å². The Morgan fingerprint density at radius 2 is 1.87 bits per heavy atom. The zero-order chi connectivity index (χ0) is 31.6. The van der Waals surface area contributed by atoms with Crippen molar-refractivity contribution in [1.82, 2.24) is 29.7 Å². The summed E-state index contributed by atoms with van der Waals surface area (Å²) in [4.78, 5) is 11.7. The minimum atomic E-state index is -0.280. The molecule has 5 rings (SSSR count). The number of rotatable bonds is 15. The van der Waals surface area contributed by atoms with Crippen molar-refractivity contribution in [2.45, 2.75) is 57.7 Å². The molecule has 45 heavy (non-hydrogen) atoms. The van der Waals surface area contributed by atoms with E-state index in [9.17, 15) is 0 Å². The van der Waals surface area contributed by atoms with Crippen LogP contribution in [0.1, 0.15) is 45.6 Å². The highest BCUT2D eigenvalue weighted by atomic mass is 35.5. The van der Waals surface area contributed by atoms with Gasteiger partial charge in [0.2, 0.25) is 5.95 Å². The SMILES string of the molecule is CCOCCOc1nn(C2CCC(N3CCOCC3)CC2)cc1Nc1ncc(-c2ccc(Cl)c(OC(C)CN(N)C=N)c2)cn1. The molecule has 1 saturated heterocycles. The second-order valence-corrected chi connectivity index (χ2v) is 11.7. The quantitative estimate of drug-likeness (QED) is 0.0707. The van der Waals surface area contributed by atoms with Crippen LogP contribution in [0.4, 0.5) is 11.6 Å². The molecule has 1 unspecified atom stereocenters. The van der Waals surface area contributed by atoms with Crippen molar-refractivity contribution in [1.29, 1.82) is 5.41 Å². The van der Waals surface area contributed by atoms with Gasteiger partial charge in [-0.25, -0.2) is 15.8 Å². The van der Waals surface area contributed by atoms with Crippen LogP contribution in [0.25, 0.3) is 11.1 Å². The van der Waals surface area contributed by atoms with Gasteiger partial charge in [-0.2, -0.15) is 0 Å². The van der Waals surface area contributed by atoms with Crippen LogP contribution in [0.15, 0.2) is 36.8 Å². The van der Waals surface area contributed by atoms with E-state index in [0.717, 1.165) is 69.5 Å². The van der Waals surface area contributed by atoms with E-state index in [0.29, 0.717) is 66.7 Å². The van der Waals surface area contributed by atoms with Crippen molar-refractivity contribution in [3.63, 3.8) is 0 Å². The monoisotopic (exact) mass is 641 g/mol. The Kier molecular flexibility index (Phi) is 11.8. The molecule has 13 nitrogen and oxygen atoms in total. The fraction of sp³-hybridized carbons (Fsp3) is 0.548. The molecule has 1 atom stereocenters. The van der Waals surface area contributed by atoms with Crippen molar-refractivity contribution in [2.24, 2.45) is 5.84 Å². The molecular weight excluding hydrogens is 598 g/mol. The molecule has 0 spiro atoms. The summed E-state index contributed by atoms with van der Waals surface area (Å²) in [5, 5.41) is 17.1. The van der Waals surface area contributed by atoms with Crippen molar-refractivity contribution in [2.75, 3.05) is 58.0 Å². The second-order valence-electron chi connectivity index (χ2n) is 11.3. The summed E-state index contributed by atoms with van der Waals surface area (Å²) in [7, 11) is 0. The zero-order valence-electron chi connectivity index (χ0n) is 26.0. The Morgan fingerprint density at radius 3 is 2.58 bits per heavy atom. The van der Waals surface area contributed by atoms with Gasteiger partial charge in [0, 0.05) is 43.7 Å². The third-order valence-electron chi connectivity index (χ3n) is 8.10. The molecule has 0 amide bonds. The molecule has 3 heterocycles. The minimum absolute atomic E-state index is 0.280. The van der Waals surface area contributed by atoms with Gasteiger partial charge >= 0.3 is 0 Å². The van der Waals surface area contributed by atoms with Crippen LogP contribution in [-0.2, 0) is 9.47 Å². The Labute approximate surface area is 269 Å². The summed E-state index contributed by atoms with van der Waals surface area (Å²) in [6.07, 6.45) is 10.7. The summed E-state index contributed by atoms with van der Waals surface area (Å²) in [6, 6.07) is 6.43. The molecule has 2 fully saturated rings. The van der Waals surface area contributed by atoms with Gasteiger partial charge in [0.25, 0.3) is 5.88 Å². The number of aromatic nitrogens is 4. The predicted octanol–water partition coefficient (Wildman–Crippen LogP) is 4.52. The Balaban J connectivity index is 1.26. The van der Waals surface area contributed by atoms with Gasteiger partial charge in [0.1, 0.15) is 24.1 Å². The van der Waals surface area contributed by atoms with E-state index in [1.54, 1.807) is 18.5 Å². The van der Waals surface area contributed by atoms with E-state index in [1.807, 2.05) is 36.9 Å². The molecule has 2 aliphatic rings. The van der Waals surface area contributed by atoms with Crippen molar-refractivity contribution >= 4 is 29.6 Å². The maximum absolute atomic E-state index is 7.26. The lowest BCUT2D eigenvalue weighted by atomic mass is 9.90. The topological polar surface area (TPSA) is 149 Å². The third kappa shape index (κ3) is 9.04. The summed E-state index contributed by atoms with van der Waals surface area (Å²) in [5.41, 5.74) is 2.37. The molecule has 0 bridgehead atoms. The van der Waals surface area contributed by atoms with Crippen LogP contribution in [0.5, 0.6) is 11.6 Å². The van der Waals surface area contributed by atoms with Gasteiger partial charge in [-0.05, 0) is 57.2 Å². The van der Waals surface area contributed by atoms with Crippen molar-refractivity contribution in [3.8, 4) is 22.8 Å². The van der Waals surface area contributed by atoms with E-state index in [1.165, 1.54) is 5.01 Å². The highest BCUT2D eigenvalue weighted by Gasteiger charge is 2.29. The molecule has 1 aliphatic carbocycles. The standard InChI is InChI=1S/C31H44ClN9O4/c1-3-42-14-15-44-30-28(20-41(38-30)26-7-5-25(6-8-26)39-10-12-43-13-11-39)37-31-35-17-24(18-36-31)23-4-9-27(32)29(16-23)45-22(2)19-40(34)21-33/h4,9,16-18,20-22,25-26,33H,3,5-8,10-15,19,34H2,1-2H3,(H,35,36,37). The minimum Gasteiger partial charge on any atom is -0.487 e. The number of anilines is 2. The van der Waals surface area contributed by atoms with Gasteiger partial charge in [0.15, 0.2) is 0 Å². The van der Waals surface area contributed by atoms with Gasteiger partial charge < -0.3 is 24.3 Å². The lowest BCUT2D eigenvalue weighted by Gasteiger charge is -2.38. The zero-order valence-corrected chi connectivity index (χ0v) is 26.8. The summed E-state index contributed by atoms with van der Waals surface area (Å²) >= 11 is 6.39. The summed E-state index contributed by atoms with van der Waals surface area (Å²) in [6.45, 7) is 9.38. The molecular formula is C31H44ClN9O4. The first-order valence-electron chi connectivity index (χ1n) is 15.6. The fourth-order valence-electron chi connectivity index (χ4n) is 5.77. The molecule has 1 aliphatic heterocycles. The van der Waals surface area contributed by atoms with E-state index < -0.39 is 0 Å². The van der Waals surface area contributed by atoms with Gasteiger partial charge in [-0.1, -0.05) is 17.7 Å². The van der Waals surface area contributed by atoms with Crippen LogP contribution >= 0.6 is 11.6 Å². The Hall–Kier alpha value is -3.49. The van der Waals surface area contributed by atoms with Crippen LogP contribution in [0.3, 0.4) is 0 Å². The molecule has 14 heteroatoms. The van der Waals surface area contributed by atoms with Crippen LogP contribution < -0.4 is 20.6 Å². The van der Waals surface area contributed by atoms with E-state index in [-0.39, 0.29) is 6.10 Å². The number of hydrogen-bond donors (Lipinski definition) is 3. The highest BCUT2D eigenvalue weighted by Crippen LogP contribution is 2.35. The van der Waals surface area contributed by atoms with Crippen LogP contribution in [0, 0.1) is 5.41 Å². The number of halogens is 1. The van der Waals surface area contributed by atoms with E-state index in [2.05, 4.69) is 20.2 Å². The maximum atomic E-state index is 7.26. The van der Waals surface area contributed by atoms with Gasteiger partial charge in [-0.3, -0.25) is 20.0 Å². The number of hydrogen-bond acceptors (Lipinski definition) is 11. The number of nitrogens with two attached hydrogens (primary N) is 1. The number of ether oxygens (including phenoxy) is 4. The smallest absolute Gasteiger partial charge is 0.257 e. The van der Waals surface area contributed by atoms with Crippen molar-refractivity contribution in [3.05, 3.63) is 41.8 Å². The van der Waals surface area contributed by atoms with Gasteiger partial charge in [-0.15, -0.1) is 5.10 Å². The number of nitrogens with zero attached hydrogens (tertiary/aromatic N) is 6. The van der Waals surface area contributed by atoms with Crippen LogP contribution in [-0.4, -0.2) is 101 Å². The summed E-state index contributed by atoms with van der Waals surface area (Å²) in [5.74, 6) is 7.15. The molecule has 244 valence electrons. The first-order chi connectivity index (χ1) is 21.9.